The average molecular weight is 554 g/mol. The third kappa shape index (κ3) is 5.66. The van der Waals surface area contributed by atoms with Crippen molar-refractivity contribution in [3.63, 3.8) is 0 Å². The smallest absolute Gasteiger partial charge is 0.241 e. The monoisotopic (exact) mass is 553 g/mol. The first kappa shape index (κ1) is 26.8. The number of para-hydroxylation sites is 2. The van der Waals surface area contributed by atoms with Gasteiger partial charge in [0.25, 0.3) is 0 Å². The number of halogens is 1. The largest absolute Gasteiger partial charge is 0.352 e. The van der Waals surface area contributed by atoms with Gasteiger partial charge in [0.05, 0.1) is 28.3 Å². The number of carbonyl (C=O) groups excluding carboxylic acids is 2. The van der Waals surface area contributed by atoms with Crippen LogP contribution in [0.4, 0.5) is 11.4 Å². The lowest BCUT2D eigenvalue weighted by molar-refractivity contribution is -0.118. The Morgan fingerprint density at radius 3 is 2.15 bits per heavy atom. The SMILES string of the molecule is CC1(C)CC(=O)C2=C(C1)NC(SCC(=O)N(c1ccccc1)c1ccccc1)=C(C#N)[C@H]2c1ccc(Cl)cc1. The van der Waals surface area contributed by atoms with Gasteiger partial charge in [-0.15, -0.1) is 0 Å². The highest BCUT2D eigenvalue weighted by molar-refractivity contribution is 8.03. The van der Waals surface area contributed by atoms with Gasteiger partial charge in [0.2, 0.25) is 5.91 Å². The first-order chi connectivity index (χ1) is 18.8. The number of anilines is 2. The van der Waals surface area contributed by atoms with Gasteiger partial charge in [-0.25, -0.2) is 0 Å². The molecular formula is C32H28ClN3O2S. The number of hydrogen-bond acceptors (Lipinski definition) is 5. The molecular weight excluding hydrogens is 526 g/mol. The second-order valence-corrected chi connectivity index (χ2v) is 11.9. The highest BCUT2D eigenvalue weighted by atomic mass is 35.5. The number of thioether (sulfide) groups is 1. The summed E-state index contributed by atoms with van der Waals surface area (Å²) in [6, 6.07) is 28.7. The lowest BCUT2D eigenvalue weighted by Crippen LogP contribution is -2.37. The quantitative estimate of drug-likeness (QED) is 0.342. The maximum Gasteiger partial charge on any atom is 0.241 e. The molecule has 39 heavy (non-hydrogen) atoms. The summed E-state index contributed by atoms with van der Waals surface area (Å²) in [7, 11) is 0. The number of amides is 1. The van der Waals surface area contributed by atoms with Crippen molar-refractivity contribution < 1.29 is 9.59 Å². The Labute approximate surface area is 238 Å². The van der Waals surface area contributed by atoms with Crippen LogP contribution >= 0.6 is 23.4 Å². The molecule has 196 valence electrons. The summed E-state index contributed by atoms with van der Waals surface area (Å²) in [5.74, 6) is -0.484. The van der Waals surface area contributed by atoms with Crippen molar-refractivity contribution in [1.82, 2.24) is 5.32 Å². The van der Waals surface area contributed by atoms with Crippen LogP contribution in [0, 0.1) is 16.7 Å². The van der Waals surface area contributed by atoms with Gasteiger partial charge in [-0.05, 0) is 53.8 Å². The molecule has 1 atom stereocenters. The molecule has 0 spiro atoms. The third-order valence-electron chi connectivity index (χ3n) is 6.95. The Morgan fingerprint density at radius 1 is 1.00 bits per heavy atom. The number of nitrogens with one attached hydrogen (secondary N) is 1. The van der Waals surface area contributed by atoms with Crippen LogP contribution in [0.3, 0.4) is 0 Å². The fraction of sp³-hybridized carbons (Fsp3) is 0.219. The lowest BCUT2D eigenvalue weighted by atomic mass is 9.69. The number of carbonyl (C=O) groups is 2. The Kier molecular flexibility index (Phi) is 7.65. The zero-order valence-electron chi connectivity index (χ0n) is 21.8. The van der Waals surface area contributed by atoms with E-state index in [4.69, 9.17) is 11.6 Å². The Bertz CT molecular complexity index is 1470. The molecule has 0 saturated heterocycles. The van der Waals surface area contributed by atoms with Gasteiger partial charge in [0.15, 0.2) is 5.78 Å². The topological polar surface area (TPSA) is 73.2 Å². The maximum atomic E-state index is 13.7. The molecule has 7 heteroatoms. The number of ketones is 1. The van der Waals surface area contributed by atoms with Gasteiger partial charge in [-0.2, -0.15) is 5.26 Å². The minimum atomic E-state index is -0.510. The van der Waals surface area contributed by atoms with Gasteiger partial charge in [-0.1, -0.05) is 85.7 Å². The van der Waals surface area contributed by atoms with E-state index in [1.165, 1.54) is 11.8 Å². The molecule has 0 aromatic heterocycles. The second kappa shape index (κ2) is 11.1. The van der Waals surface area contributed by atoms with E-state index >= 15 is 0 Å². The van der Waals surface area contributed by atoms with E-state index in [0.29, 0.717) is 34.0 Å². The zero-order valence-corrected chi connectivity index (χ0v) is 23.4. The van der Waals surface area contributed by atoms with Crippen molar-refractivity contribution in [2.45, 2.75) is 32.6 Å². The van der Waals surface area contributed by atoms with E-state index in [1.54, 1.807) is 17.0 Å². The zero-order chi connectivity index (χ0) is 27.6. The van der Waals surface area contributed by atoms with Gasteiger partial charge in [0, 0.05) is 34.1 Å². The number of Topliss-reactive ketones (excluding diaryl/α,β-unsaturated/α-hetero) is 1. The van der Waals surface area contributed by atoms with Crippen LogP contribution in [0.2, 0.25) is 5.02 Å². The van der Waals surface area contributed by atoms with Crippen LogP contribution in [0.15, 0.2) is 107 Å². The van der Waals surface area contributed by atoms with E-state index in [-0.39, 0.29) is 22.9 Å². The number of dihydropyridines is 1. The molecule has 0 bridgehead atoms. The Morgan fingerprint density at radius 2 is 1.59 bits per heavy atom. The van der Waals surface area contributed by atoms with Crippen LogP contribution in [-0.4, -0.2) is 17.4 Å². The van der Waals surface area contributed by atoms with E-state index in [2.05, 4.69) is 25.2 Å². The number of hydrogen-bond donors (Lipinski definition) is 1. The fourth-order valence-corrected chi connectivity index (χ4v) is 6.31. The number of allylic oxidation sites excluding steroid dienone is 3. The first-order valence-electron chi connectivity index (χ1n) is 12.8. The van der Waals surface area contributed by atoms with Crippen LogP contribution in [-0.2, 0) is 9.59 Å². The fourth-order valence-electron chi connectivity index (χ4n) is 5.27. The number of nitriles is 1. The van der Waals surface area contributed by atoms with Crippen LogP contribution in [0.25, 0.3) is 0 Å². The van der Waals surface area contributed by atoms with Gasteiger partial charge >= 0.3 is 0 Å². The minimum Gasteiger partial charge on any atom is -0.352 e. The van der Waals surface area contributed by atoms with Crippen molar-refractivity contribution in [3.05, 3.63) is 117 Å². The summed E-state index contributed by atoms with van der Waals surface area (Å²) < 4.78 is 0. The standard InChI is InChI=1S/C32H28ClN3O2S/c1-32(2)17-26-30(27(37)18-32)29(21-13-15-22(33)16-14-21)25(19-34)31(35-26)39-20-28(38)36(23-9-5-3-6-10-23)24-11-7-4-8-12-24/h3-16,29,35H,17-18,20H2,1-2H3/t29-/m1/s1. The van der Waals surface area contributed by atoms with Crippen molar-refractivity contribution in [3.8, 4) is 6.07 Å². The Balaban J connectivity index is 1.50. The van der Waals surface area contributed by atoms with E-state index in [9.17, 15) is 14.9 Å². The summed E-state index contributed by atoms with van der Waals surface area (Å²) in [5, 5.41) is 14.9. The highest BCUT2D eigenvalue weighted by Gasteiger charge is 2.42. The molecule has 5 rings (SSSR count). The molecule has 1 N–H and O–H groups in total. The summed E-state index contributed by atoms with van der Waals surface area (Å²) in [6.07, 6.45) is 1.09. The van der Waals surface area contributed by atoms with E-state index in [1.807, 2.05) is 72.8 Å². The molecule has 0 unspecified atom stereocenters. The van der Waals surface area contributed by atoms with Crippen LogP contribution in [0.5, 0.6) is 0 Å². The van der Waals surface area contributed by atoms with Gasteiger partial charge in [-0.3, -0.25) is 14.5 Å². The molecule has 1 heterocycles. The molecule has 0 radical (unpaired) electrons. The third-order valence-corrected chi connectivity index (χ3v) is 8.20. The van der Waals surface area contributed by atoms with Gasteiger partial charge in [0.1, 0.15) is 0 Å². The van der Waals surface area contributed by atoms with Crippen molar-refractivity contribution in [2.24, 2.45) is 5.41 Å². The first-order valence-corrected chi connectivity index (χ1v) is 14.1. The maximum absolute atomic E-state index is 13.7. The molecule has 1 aliphatic heterocycles. The molecule has 3 aromatic rings. The number of nitrogens with zero attached hydrogens (tertiary/aromatic N) is 2. The molecule has 0 fully saturated rings. The molecule has 0 saturated carbocycles. The summed E-state index contributed by atoms with van der Waals surface area (Å²) in [5.41, 5.74) is 4.06. The van der Waals surface area contributed by atoms with Crippen molar-refractivity contribution in [2.75, 3.05) is 10.7 Å². The summed E-state index contributed by atoms with van der Waals surface area (Å²) in [4.78, 5) is 28.8. The van der Waals surface area contributed by atoms with Crippen molar-refractivity contribution >= 4 is 46.4 Å². The molecule has 3 aromatic carbocycles. The normalized spacial score (nSPS) is 18.2. The Hall–Kier alpha value is -3.79. The van der Waals surface area contributed by atoms with Crippen LogP contribution in [0.1, 0.15) is 38.2 Å². The summed E-state index contributed by atoms with van der Waals surface area (Å²) >= 11 is 7.45. The molecule has 1 aliphatic carbocycles. The lowest BCUT2D eigenvalue weighted by Gasteiger charge is -2.39. The second-order valence-electron chi connectivity index (χ2n) is 10.5. The molecule has 1 amide bonds. The van der Waals surface area contributed by atoms with E-state index < -0.39 is 5.92 Å². The predicted octanol–water partition coefficient (Wildman–Crippen LogP) is 7.50. The molecule has 2 aliphatic rings. The highest BCUT2D eigenvalue weighted by Crippen LogP contribution is 2.48. The van der Waals surface area contributed by atoms with Crippen molar-refractivity contribution in [1.29, 1.82) is 5.26 Å². The van der Waals surface area contributed by atoms with Gasteiger partial charge < -0.3 is 5.32 Å². The summed E-state index contributed by atoms with van der Waals surface area (Å²) in [6.45, 7) is 4.15. The predicted molar refractivity (Wildman–Crippen MR) is 158 cm³/mol. The number of rotatable bonds is 6. The van der Waals surface area contributed by atoms with E-state index in [0.717, 1.165) is 22.6 Å². The van der Waals surface area contributed by atoms with Crippen LogP contribution < -0.4 is 10.2 Å². The molecule has 5 nitrogen and oxygen atoms in total. The minimum absolute atomic E-state index is 0.0425. The average Bonchev–Trinajstić information content (AvgIpc) is 2.92. The number of benzene rings is 3.